The number of hydrogen-bond acceptors (Lipinski definition) is 4. The maximum atomic E-state index is 13.0. The number of likely N-dealkylation sites (tertiary alicyclic amines) is 1. The fraction of sp³-hybridized carbons (Fsp3) is 0.333. The molecule has 7 heteroatoms. The zero-order valence-electron chi connectivity index (χ0n) is 15.3. The van der Waals surface area contributed by atoms with Crippen molar-refractivity contribution in [3.05, 3.63) is 70.5 Å². The molecule has 148 valence electrons. The van der Waals surface area contributed by atoms with Crippen LogP contribution in [0, 0.1) is 11.7 Å². The van der Waals surface area contributed by atoms with Crippen LogP contribution in [0.3, 0.4) is 0 Å². The van der Waals surface area contributed by atoms with Crippen molar-refractivity contribution in [2.75, 3.05) is 19.6 Å². The Balaban J connectivity index is 1.59. The smallest absolute Gasteiger partial charge is 0.405 e. The van der Waals surface area contributed by atoms with Gasteiger partial charge in [-0.2, -0.15) is 0 Å². The molecule has 0 bridgehead atoms. The van der Waals surface area contributed by atoms with Gasteiger partial charge in [0.25, 0.3) is 0 Å². The molecule has 1 saturated heterocycles. The first-order chi connectivity index (χ1) is 13.4. The largest absolute Gasteiger partial charge is 0.440 e. The molecule has 1 fully saturated rings. The molecule has 2 N–H and O–H groups in total. The summed E-state index contributed by atoms with van der Waals surface area (Å²) in [5.74, 6) is -0.399. The summed E-state index contributed by atoms with van der Waals surface area (Å²) >= 11 is 5.92. The zero-order valence-corrected chi connectivity index (χ0v) is 16.1. The van der Waals surface area contributed by atoms with E-state index in [1.54, 1.807) is 24.3 Å². The number of benzene rings is 2. The van der Waals surface area contributed by atoms with Gasteiger partial charge in [-0.15, -0.1) is 0 Å². The van der Waals surface area contributed by atoms with Crippen molar-refractivity contribution in [2.45, 2.75) is 18.9 Å². The van der Waals surface area contributed by atoms with E-state index in [2.05, 4.69) is 4.90 Å². The summed E-state index contributed by atoms with van der Waals surface area (Å²) in [5.41, 5.74) is 6.58. The summed E-state index contributed by atoms with van der Waals surface area (Å²) in [7, 11) is 0. The van der Waals surface area contributed by atoms with Crippen molar-refractivity contribution in [3.63, 3.8) is 0 Å². The minimum absolute atomic E-state index is 0.0438. The van der Waals surface area contributed by atoms with Crippen molar-refractivity contribution < 1.29 is 18.7 Å². The van der Waals surface area contributed by atoms with Crippen LogP contribution in [0.2, 0.25) is 5.02 Å². The second-order valence-electron chi connectivity index (χ2n) is 6.92. The van der Waals surface area contributed by atoms with Crippen molar-refractivity contribution in [1.29, 1.82) is 0 Å². The number of rotatable bonds is 6. The Kier molecular flexibility index (Phi) is 6.65. The molecule has 0 aromatic heterocycles. The average molecular weight is 405 g/mol. The van der Waals surface area contributed by atoms with Crippen LogP contribution in [0.5, 0.6) is 0 Å². The molecule has 28 heavy (non-hydrogen) atoms. The number of carbonyl (C=O) groups excluding carboxylic acids is 2. The molecule has 1 atom stereocenters. The number of carbonyl (C=O) groups is 2. The second-order valence-corrected chi connectivity index (χ2v) is 7.36. The summed E-state index contributed by atoms with van der Waals surface area (Å²) < 4.78 is 18.3. The molecule has 0 aliphatic carbocycles. The fourth-order valence-corrected chi connectivity index (χ4v) is 3.62. The van der Waals surface area contributed by atoms with E-state index in [1.165, 1.54) is 24.3 Å². The molecule has 0 saturated carbocycles. The number of ketones is 1. The van der Waals surface area contributed by atoms with Gasteiger partial charge in [0.05, 0.1) is 0 Å². The van der Waals surface area contributed by atoms with E-state index < -0.39 is 12.2 Å². The van der Waals surface area contributed by atoms with Crippen LogP contribution in [0.1, 0.15) is 34.9 Å². The normalized spacial score (nSPS) is 16.5. The standard InChI is InChI=1S/C21H22ClFN2O3/c22-17-5-1-14(2-6-17)19(28-21(24)27)13-25-11-9-16(10-12-25)20(26)15-3-7-18(23)8-4-15/h1-8,16,19H,9-13H2,(H2,24,27)/t19-/m1/s1. The lowest BCUT2D eigenvalue weighted by Crippen LogP contribution is -2.39. The molecule has 1 amide bonds. The van der Waals surface area contributed by atoms with E-state index in [-0.39, 0.29) is 17.5 Å². The third-order valence-corrected chi connectivity index (χ3v) is 5.26. The predicted molar refractivity (Wildman–Crippen MR) is 105 cm³/mol. The molecular weight excluding hydrogens is 383 g/mol. The van der Waals surface area contributed by atoms with Crippen LogP contribution in [0.15, 0.2) is 48.5 Å². The van der Waals surface area contributed by atoms with Crippen LogP contribution in [-0.2, 0) is 4.74 Å². The monoisotopic (exact) mass is 404 g/mol. The number of piperidine rings is 1. The lowest BCUT2D eigenvalue weighted by Gasteiger charge is -2.33. The molecule has 0 spiro atoms. The predicted octanol–water partition coefficient (Wildman–Crippen LogP) is 4.21. The lowest BCUT2D eigenvalue weighted by molar-refractivity contribution is 0.0598. The first-order valence-corrected chi connectivity index (χ1v) is 9.54. The van der Waals surface area contributed by atoms with Gasteiger partial charge in [0.1, 0.15) is 11.9 Å². The van der Waals surface area contributed by atoms with Gasteiger partial charge in [-0.1, -0.05) is 23.7 Å². The van der Waals surface area contributed by atoms with Gasteiger partial charge in [-0.25, -0.2) is 9.18 Å². The molecular formula is C21H22ClFN2O3. The number of Topliss-reactive ketones (excluding diaryl/α,β-unsaturated/α-hetero) is 1. The number of nitrogens with zero attached hydrogens (tertiary/aromatic N) is 1. The number of ether oxygens (including phenoxy) is 1. The Morgan fingerprint density at radius 2 is 1.71 bits per heavy atom. The third-order valence-electron chi connectivity index (χ3n) is 5.01. The van der Waals surface area contributed by atoms with Gasteiger partial charge in [0.15, 0.2) is 5.78 Å². The Morgan fingerprint density at radius 1 is 1.11 bits per heavy atom. The highest BCUT2D eigenvalue weighted by molar-refractivity contribution is 6.30. The maximum absolute atomic E-state index is 13.0. The highest BCUT2D eigenvalue weighted by Crippen LogP contribution is 2.26. The number of primary amides is 1. The van der Waals surface area contributed by atoms with Crippen LogP contribution < -0.4 is 5.73 Å². The molecule has 1 heterocycles. The second kappa shape index (κ2) is 9.17. The first kappa shape index (κ1) is 20.3. The van der Waals surface area contributed by atoms with E-state index in [0.717, 1.165) is 5.56 Å². The highest BCUT2D eigenvalue weighted by atomic mass is 35.5. The minimum Gasteiger partial charge on any atom is -0.440 e. The molecule has 2 aromatic carbocycles. The van der Waals surface area contributed by atoms with Crippen molar-refractivity contribution in [3.8, 4) is 0 Å². The summed E-state index contributed by atoms with van der Waals surface area (Å²) in [4.78, 5) is 26.0. The molecule has 1 aliphatic heterocycles. The number of amides is 1. The molecule has 5 nitrogen and oxygen atoms in total. The summed E-state index contributed by atoms with van der Waals surface area (Å²) in [5, 5.41) is 0.599. The van der Waals surface area contributed by atoms with E-state index in [1.807, 2.05) is 0 Å². The van der Waals surface area contributed by atoms with Gasteiger partial charge in [-0.3, -0.25) is 9.69 Å². The third kappa shape index (κ3) is 5.30. The van der Waals surface area contributed by atoms with Crippen molar-refractivity contribution >= 4 is 23.5 Å². The van der Waals surface area contributed by atoms with Gasteiger partial charge >= 0.3 is 6.09 Å². The minimum atomic E-state index is -0.832. The quantitative estimate of drug-likeness (QED) is 0.732. The molecule has 3 rings (SSSR count). The summed E-state index contributed by atoms with van der Waals surface area (Å²) in [6.45, 7) is 1.88. The fourth-order valence-electron chi connectivity index (χ4n) is 3.49. The molecule has 1 aliphatic rings. The van der Waals surface area contributed by atoms with E-state index >= 15 is 0 Å². The van der Waals surface area contributed by atoms with Crippen LogP contribution >= 0.6 is 11.6 Å². The molecule has 2 aromatic rings. The maximum Gasteiger partial charge on any atom is 0.405 e. The highest BCUT2D eigenvalue weighted by Gasteiger charge is 2.28. The SMILES string of the molecule is NC(=O)O[C@H](CN1CCC(C(=O)c2ccc(F)cc2)CC1)c1ccc(Cl)cc1. The van der Waals surface area contributed by atoms with Crippen molar-refractivity contribution in [1.82, 2.24) is 4.90 Å². The van der Waals surface area contributed by atoms with Crippen LogP contribution in [0.25, 0.3) is 0 Å². The van der Waals surface area contributed by atoms with Gasteiger partial charge < -0.3 is 10.5 Å². The summed E-state index contributed by atoms with van der Waals surface area (Å²) in [6.07, 6.45) is 0.0562. The summed E-state index contributed by atoms with van der Waals surface area (Å²) in [6, 6.07) is 12.8. The molecule has 0 radical (unpaired) electrons. The lowest BCUT2D eigenvalue weighted by atomic mass is 9.88. The zero-order chi connectivity index (χ0) is 20.1. The first-order valence-electron chi connectivity index (χ1n) is 9.16. The van der Waals surface area contributed by atoms with E-state index in [9.17, 15) is 14.0 Å². The number of halogens is 2. The number of nitrogens with two attached hydrogens (primary N) is 1. The Labute approximate surface area is 168 Å². The van der Waals surface area contributed by atoms with E-state index in [0.29, 0.717) is 43.1 Å². The van der Waals surface area contributed by atoms with Gasteiger partial charge in [-0.05, 0) is 67.9 Å². The topological polar surface area (TPSA) is 72.6 Å². The average Bonchev–Trinajstić information content (AvgIpc) is 2.68. The van der Waals surface area contributed by atoms with Crippen LogP contribution in [0.4, 0.5) is 9.18 Å². The Hall–Kier alpha value is -2.44. The van der Waals surface area contributed by atoms with E-state index in [4.69, 9.17) is 22.1 Å². The number of hydrogen-bond donors (Lipinski definition) is 1. The Bertz CT molecular complexity index is 819. The Morgan fingerprint density at radius 3 is 2.29 bits per heavy atom. The molecule has 0 unspecified atom stereocenters. The van der Waals surface area contributed by atoms with Crippen LogP contribution in [-0.4, -0.2) is 36.4 Å². The van der Waals surface area contributed by atoms with Gasteiger partial charge in [0, 0.05) is 23.0 Å². The van der Waals surface area contributed by atoms with Gasteiger partial charge in [0.2, 0.25) is 0 Å². The van der Waals surface area contributed by atoms with Crippen molar-refractivity contribution in [2.24, 2.45) is 11.7 Å².